The number of amides is 1. The van der Waals surface area contributed by atoms with Crippen molar-refractivity contribution in [1.29, 1.82) is 0 Å². The first-order valence-corrected chi connectivity index (χ1v) is 7.98. The topological polar surface area (TPSA) is 46.3 Å². The Hall–Kier alpha value is -1.39. The largest absolute Gasteiger partial charge is 0.338 e. The van der Waals surface area contributed by atoms with Crippen molar-refractivity contribution in [2.45, 2.75) is 37.8 Å². The van der Waals surface area contributed by atoms with Crippen LogP contribution in [-0.4, -0.2) is 29.9 Å². The first-order chi connectivity index (χ1) is 9.65. The number of rotatable bonds is 2. The summed E-state index contributed by atoms with van der Waals surface area (Å²) in [5.41, 5.74) is 5.93. The number of nitrogens with zero attached hydrogens (tertiary/aromatic N) is 1. The molecule has 0 spiro atoms. The monoisotopic (exact) mass is 288 g/mol. The van der Waals surface area contributed by atoms with Gasteiger partial charge < -0.3 is 10.6 Å². The van der Waals surface area contributed by atoms with E-state index in [4.69, 9.17) is 5.73 Å². The lowest BCUT2D eigenvalue weighted by atomic mass is 9.91. The number of hydrogen-bond acceptors (Lipinski definition) is 3. The average Bonchev–Trinajstić information content (AvgIpc) is 2.90. The Balaban J connectivity index is 1.77. The van der Waals surface area contributed by atoms with E-state index in [0.29, 0.717) is 12.1 Å². The number of thiophene rings is 1. The van der Waals surface area contributed by atoms with Crippen LogP contribution in [0.15, 0.2) is 30.3 Å². The van der Waals surface area contributed by atoms with Gasteiger partial charge in [-0.3, -0.25) is 4.79 Å². The quantitative estimate of drug-likeness (QED) is 0.922. The number of benzene rings is 1. The van der Waals surface area contributed by atoms with Gasteiger partial charge in [-0.2, -0.15) is 0 Å². The maximum absolute atomic E-state index is 12.6. The number of carbonyl (C=O) groups is 1. The highest BCUT2D eigenvalue weighted by Gasteiger charge is 2.26. The highest BCUT2D eigenvalue weighted by atomic mass is 32.1. The standard InChI is InChI=1S/C16H20N2OS/c1-18(13-8-6-12(17)7-9-13)16(19)15-10-11-4-2-3-5-14(11)20-15/h2-5,10,12-13H,6-9,17H2,1H3. The molecule has 1 heterocycles. The van der Waals surface area contributed by atoms with E-state index in [1.807, 2.05) is 30.1 Å². The second-order valence-corrected chi connectivity index (χ2v) is 6.72. The molecule has 0 atom stereocenters. The zero-order valence-electron chi connectivity index (χ0n) is 11.7. The predicted molar refractivity (Wildman–Crippen MR) is 84.1 cm³/mol. The summed E-state index contributed by atoms with van der Waals surface area (Å²) in [5, 5.41) is 1.15. The molecule has 20 heavy (non-hydrogen) atoms. The van der Waals surface area contributed by atoms with Crippen molar-refractivity contribution in [2.75, 3.05) is 7.05 Å². The van der Waals surface area contributed by atoms with E-state index in [2.05, 4.69) is 12.1 Å². The Morgan fingerprint density at radius 3 is 2.65 bits per heavy atom. The van der Waals surface area contributed by atoms with Crippen molar-refractivity contribution < 1.29 is 4.79 Å². The molecular formula is C16H20N2OS. The molecule has 1 aromatic heterocycles. The molecular weight excluding hydrogens is 268 g/mol. The van der Waals surface area contributed by atoms with Crippen LogP contribution in [0.1, 0.15) is 35.4 Å². The normalized spacial score (nSPS) is 22.9. The lowest BCUT2D eigenvalue weighted by molar-refractivity contribution is 0.0695. The minimum absolute atomic E-state index is 0.145. The van der Waals surface area contributed by atoms with Gasteiger partial charge in [0.05, 0.1) is 4.88 Å². The van der Waals surface area contributed by atoms with Crippen molar-refractivity contribution in [3.05, 3.63) is 35.2 Å². The van der Waals surface area contributed by atoms with E-state index >= 15 is 0 Å². The van der Waals surface area contributed by atoms with E-state index in [1.165, 1.54) is 4.70 Å². The van der Waals surface area contributed by atoms with Crippen LogP contribution in [0.3, 0.4) is 0 Å². The summed E-state index contributed by atoms with van der Waals surface area (Å²) in [6, 6.07) is 10.8. The Kier molecular flexibility index (Phi) is 3.76. The van der Waals surface area contributed by atoms with Crippen molar-refractivity contribution in [3.63, 3.8) is 0 Å². The number of fused-ring (bicyclic) bond motifs is 1. The second kappa shape index (κ2) is 5.54. The van der Waals surface area contributed by atoms with Gasteiger partial charge in [0.25, 0.3) is 5.91 Å². The highest BCUT2D eigenvalue weighted by molar-refractivity contribution is 7.20. The number of carbonyl (C=O) groups excluding carboxylic acids is 1. The Morgan fingerprint density at radius 1 is 1.25 bits per heavy atom. The van der Waals surface area contributed by atoms with Gasteiger partial charge in [0.2, 0.25) is 0 Å². The van der Waals surface area contributed by atoms with E-state index in [0.717, 1.165) is 35.9 Å². The summed E-state index contributed by atoms with van der Waals surface area (Å²) >= 11 is 1.58. The fourth-order valence-corrected chi connectivity index (χ4v) is 3.96. The maximum atomic E-state index is 12.6. The van der Waals surface area contributed by atoms with Crippen molar-refractivity contribution >= 4 is 27.3 Å². The molecule has 2 N–H and O–H groups in total. The molecule has 0 unspecified atom stereocenters. The lowest BCUT2D eigenvalue weighted by Crippen LogP contribution is -2.41. The molecule has 1 fully saturated rings. The number of hydrogen-bond donors (Lipinski definition) is 1. The van der Waals surface area contributed by atoms with Crippen LogP contribution < -0.4 is 5.73 Å². The van der Waals surface area contributed by atoms with Gasteiger partial charge in [-0.05, 0) is 43.2 Å². The fourth-order valence-electron chi connectivity index (χ4n) is 2.92. The third kappa shape index (κ3) is 2.58. The summed E-state index contributed by atoms with van der Waals surface area (Å²) in [7, 11) is 1.92. The fraction of sp³-hybridized carbons (Fsp3) is 0.438. The summed E-state index contributed by atoms with van der Waals surface area (Å²) < 4.78 is 1.18. The summed E-state index contributed by atoms with van der Waals surface area (Å²) in [5.74, 6) is 0.145. The van der Waals surface area contributed by atoms with E-state index in [1.54, 1.807) is 11.3 Å². The minimum Gasteiger partial charge on any atom is -0.338 e. The third-order valence-electron chi connectivity index (χ3n) is 4.25. The van der Waals surface area contributed by atoms with Gasteiger partial charge >= 0.3 is 0 Å². The summed E-state index contributed by atoms with van der Waals surface area (Å²) in [6.07, 6.45) is 4.09. The van der Waals surface area contributed by atoms with Crippen molar-refractivity contribution in [3.8, 4) is 0 Å². The SMILES string of the molecule is CN(C(=O)c1cc2ccccc2s1)C1CCC(N)CC1. The number of nitrogens with two attached hydrogens (primary N) is 1. The molecule has 1 aromatic carbocycles. The summed E-state index contributed by atoms with van der Waals surface area (Å²) in [4.78, 5) is 15.4. The highest BCUT2D eigenvalue weighted by Crippen LogP contribution is 2.28. The van der Waals surface area contributed by atoms with Crippen LogP contribution in [0.2, 0.25) is 0 Å². The molecule has 1 amide bonds. The molecule has 0 saturated heterocycles. The van der Waals surface area contributed by atoms with Crippen LogP contribution in [0, 0.1) is 0 Å². The van der Waals surface area contributed by atoms with Gasteiger partial charge in [0.1, 0.15) is 0 Å². The van der Waals surface area contributed by atoms with Crippen LogP contribution in [-0.2, 0) is 0 Å². The van der Waals surface area contributed by atoms with Gasteiger partial charge in [-0.15, -0.1) is 11.3 Å². The Labute approximate surface area is 123 Å². The molecule has 106 valence electrons. The molecule has 1 aliphatic carbocycles. The van der Waals surface area contributed by atoms with E-state index < -0.39 is 0 Å². The van der Waals surface area contributed by atoms with Crippen molar-refractivity contribution in [2.24, 2.45) is 5.73 Å². The molecule has 1 aliphatic rings. The third-order valence-corrected chi connectivity index (χ3v) is 5.35. The molecule has 1 saturated carbocycles. The van der Waals surface area contributed by atoms with E-state index in [9.17, 15) is 4.79 Å². The molecule has 0 radical (unpaired) electrons. The minimum atomic E-state index is 0.145. The average molecular weight is 288 g/mol. The van der Waals surface area contributed by atoms with E-state index in [-0.39, 0.29) is 5.91 Å². The predicted octanol–water partition coefficient (Wildman–Crippen LogP) is 3.24. The molecule has 4 heteroatoms. The maximum Gasteiger partial charge on any atom is 0.263 e. The van der Waals surface area contributed by atoms with Gasteiger partial charge in [-0.25, -0.2) is 0 Å². The van der Waals surface area contributed by atoms with Crippen molar-refractivity contribution in [1.82, 2.24) is 4.90 Å². The smallest absolute Gasteiger partial charge is 0.263 e. The van der Waals surface area contributed by atoms with Crippen LogP contribution in [0.25, 0.3) is 10.1 Å². The molecule has 0 aliphatic heterocycles. The molecule has 2 aromatic rings. The van der Waals surface area contributed by atoms with Gasteiger partial charge in [0.15, 0.2) is 0 Å². The Bertz CT molecular complexity index is 581. The Morgan fingerprint density at radius 2 is 1.95 bits per heavy atom. The molecule has 3 nitrogen and oxygen atoms in total. The zero-order valence-corrected chi connectivity index (χ0v) is 12.5. The van der Waals surface area contributed by atoms with Crippen LogP contribution >= 0.6 is 11.3 Å². The van der Waals surface area contributed by atoms with Gasteiger partial charge in [0, 0.05) is 23.8 Å². The zero-order chi connectivity index (χ0) is 14.1. The second-order valence-electron chi connectivity index (χ2n) is 5.63. The first-order valence-electron chi connectivity index (χ1n) is 7.16. The van der Waals surface area contributed by atoms with Crippen LogP contribution in [0.4, 0.5) is 0 Å². The summed E-state index contributed by atoms with van der Waals surface area (Å²) in [6.45, 7) is 0. The van der Waals surface area contributed by atoms with Crippen LogP contribution in [0.5, 0.6) is 0 Å². The first kappa shape index (κ1) is 13.6. The molecule has 0 bridgehead atoms. The molecule has 3 rings (SSSR count). The lowest BCUT2D eigenvalue weighted by Gasteiger charge is -2.33. The van der Waals surface area contributed by atoms with Gasteiger partial charge in [-0.1, -0.05) is 18.2 Å².